The van der Waals surface area contributed by atoms with Gasteiger partial charge in [-0.15, -0.1) is 0 Å². The Bertz CT molecular complexity index is 97.7. The van der Waals surface area contributed by atoms with Gasteiger partial charge in [-0.1, -0.05) is 13.8 Å². The van der Waals surface area contributed by atoms with E-state index in [4.69, 9.17) is 0 Å². The standard InChI is InChI=1S/C6H12F3N/c1-4(2)10-5(3)6(7,8)9/h4-5,10H,1-3H3/t5-/m1/s1. The second-order valence-corrected chi connectivity index (χ2v) is 2.58. The molecule has 1 N–H and O–H groups in total. The summed E-state index contributed by atoms with van der Waals surface area (Å²) in [5.74, 6) is 0. The summed E-state index contributed by atoms with van der Waals surface area (Å²) in [6.07, 6.45) is -4.12. The van der Waals surface area contributed by atoms with Crippen molar-refractivity contribution < 1.29 is 13.2 Å². The predicted octanol–water partition coefficient (Wildman–Crippen LogP) is 1.94. The molecule has 0 amide bonds. The molecule has 0 aliphatic carbocycles. The maximum Gasteiger partial charge on any atom is 0.403 e. The summed E-state index contributed by atoms with van der Waals surface area (Å²) in [6.45, 7) is 4.48. The number of nitrogens with one attached hydrogen (secondary N) is 1. The third-order valence-electron chi connectivity index (χ3n) is 1.07. The number of alkyl halides is 3. The molecule has 4 heteroatoms. The van der Waals surface area contributed by atoms with Crippen molar-refractivity contribution in [2.45, 2.75) is 39.0 Å². The number of halogens is 3. The molecule has 1 atom stereocenters. The van der Waals surface area contributed by atoms with Gasteiger partial charge in [0, 0.05) is 6.04 Å². The monoisotopic (exact) mass is 155 g/mol. The molecule has 0 aromatic heterocycles. The van der Waals surface area contributed by atoms with E-state index in [-0.39, 0.29) is 6.04 Å². The van der Waals surface area contributed by atoms with E-state index in [9.17, 15) is 13.2 Å². The summed E-state index contributed by atoms with van der Waals surface area (Å²) >= 11 is 0. The first kappa shape index (κ1) is 9.75. The molecule has 0 heterocycles. The Hall–Kier alpha value is -0.250. The number of hydrogen-bond acceptors (Lipinski definition) is 1. The largest absolute Gasteiger partial charge is 0.403 e. The van der Waals surface area contributed by atoms with Crippen LogP contribution < -0.4 is 5.32 Å². The molecule has 0 aromatic rings. The van der Waals surface area contributed by atoms with Crippen LogP contribution in [0.4, 0.5) is 13.2 Å². The lowest BCUT2D eigenvalue weighted by molar-refractivity contribution is -0.152. The van der Waals surface area contributed by atoms with Crippen LogP contribution in [-0.2, 0) is 0 Å². The van der Waals surface area contributed by atoms with Gasteiger partial charge in [0.1, 0.15) is 6.04 Å². The molecule has 0 unspecified atom stereocenters. The Morgan fingerprint density at radius 2 is 1.50 bits per heavy atom. The van der Waals surface area contributed by atoms with Crippen molar-refractivity contribution in [3.8, 4) is 0 Å². The van der Waals surface area contributed by atoms with Crippen LogP contribution >= 0.6 is 0 Å². The highest BCUT2D eigenvalue weighted by Crippen LogP contribution is 2.19. The molecule has 0 bridgehead atoms. The predicted molar refractivity (Wildman–Crippen MR) is 33.8 cm³/mol. The zero-order valence-electron chi connectivity index (χ0n) is 6.29. The summed E-state index contributed by atoms with van der Waals surface area (Å²) in [5.41, 5.74) is 0. The molecule has 0 saturated heterocycles. The van der Waals surface area contributed by atoms with Crippen LogP contribution in [0.1, 0.15) is 20.8 Å². The van der Waals surface area contributed by atoms with Gasteiger partial charge in [-0.25, -0.2) is 0 Å². The summed E-state index contributed by atoms with van der Waals surface area (Å²) in [5, 5.41) is 2.36. The maximum atomic E-state index is 11.7. The maximum absolute atomic E-state index is 11.7. The molecule has 0 aliphatic heterocycles. The van der Waals surface area contributed by atoms with Crippen molar-refractivity contribution in [1.82, 2.24) is 5.32 Å². The van der Waals surface area contributed by atoms with Gasteiger partial charge in [-0.2, -0.15) is 13.2 Å². The molecule has 1 nitrogen and oxygen atoms in total. The minimum Gasteiger partial charge on any atom is -0.304 e. The molecule has 0 aromatic carbocycles. The van der Waals surface area contributed by atoms with E-state index in [1.165, 1.54) is 0 Å². The SMILES string of the molecule is CC(C)N[C@H](C)C(F)(F)F. The topological polar surface area (TPSA) is 12.0 Å². The fourth-order valence-electron chi connectivity index (χ4n) is 0.594. The molecule has 0 fully saturated rings. The van der Waals surface area contributed by atoms with Gasteiger partial charge >= 0.3 is 6.18 Å². The first-order chi connectivity index (χ1) is 4.34. The average Bonchev–Trinajstić information content (AvgIpc) is 1.60. The van der Waals surface area contributed by atoms with E-state index >= 15 is 0 Å². The van der Waals surface area contributed by atoms with Crippen molar-refractivity contribution in [3.05, 3.63) is 0 Å². The Morgan fingerprint density at radius 1 is 1.10 bits per heavy atom. The summed E-state index contributed by atoms with van der Waals surface area (Å²) in [7, 11) is 0. The van der Waals surface area contributed by atoms with E-state index in [1.807, 2.05) is 0 Å². The molecule has 0 radical (unpaired) electrons. The summed E-state index contributed by atoms with van der Waals surface area (Å²) < 4.78 is 35.2. The van der Waals surface area contributed by atoms with Crippen molar-refractivity contribution in [2.24, 2.45) is 0 Å². The Balaban J connectivity index is 3.73. The van der Waals surface area contributed by atoms with Crippen molar-refractivity contribution in [2.75, 3.05) is 0 Å². The van der Waals surface area contributed by atoms with Gasteiger partial charge in [0.15, 0.2) is 0 Å². The fraction of sp³-hybridized carbons (Fsp3) is 1.00. The fourth-order valence-corrected chi connectivity index (χ4v) is 0.594. The lowest BCUT2D eigenvalue weighted by Gasteiger charge is -2.19. The van der Waals surface area contributed by atoms with Gasteiger partial charge < -0.3 is 5.32 Å². The van der Waals surface area contributed by atoms with Crippen LogP contribution in [0.25, 0.3) is 0 Å². The molecule has 62 valence electrons. The average molecular weight is 155 g/mol. The Morgan fingerprint density at radius 3 is 1.60 bits per heavy atom. The zero-order valence-corrected chi connectivity index (χ0v) is 6.29. The molecule has 10 heavy (non-hydrogen) atoms. The van der Waals surface area contributed by atoms with Gasteiger partial charge in [0.2, 0.25) is 0 Å². The lowest BCUT2D eigenvalue weighted by atomic mass is 10.3. The van der Waals surface area contributed by atoms with E-state index in [2.05, 4.69) is 5.32 Å². The first-order valence-electron chi connectivity index (χ1n) is 3.17. The number of hydrogen-bond donors (Lipinski definition) is 1. The zero-order chi connectivity index (χ0) is 8.36. The van der Waals surface area contributed by atoms with E-state index in [0.29, 0.717) is 0 Å². The first-order valence-corrected chi connectivity index (χ1v) is 3.17. The van der Waals surface area contributed by atoms with Gasteiger partial charge in [-0.05, 0) is 6.92 Å². The molecule has 0 saturated carbocycles. The second kappa shape index (κ2) is 3.23. The minimum absolute atomic E-state index is 0.128. The van der Waals surface area contributed by atoms with Crippen LogP contribution in [0.15, 0.2) is 0 Å². The van der Waals surface area contributed by atoms with Crippen LogP contribution in [-0.4, -0.2) is 18.3 Å². The van der Waals surface area contributed by atoms with Gasteiger partial charge in [0.25, 0.3) is 0 Å². The molecular formula is C6H12F3N. The Kier molecular flexibility index (Phi) is 3.15. The second-order valence-electron chi connectivity index (χ2n) is 2.58. The molecular weight excluding hydrogens is 143 g/mol. The van der Waals surface area contributed by atoms with E-state index in [0.717, 1.165) is 6.92 Å². The highest BCUT2D eigenvalue weighted by molar-refractivity contribution is 4.70. The molecule has 0 spiro atoms. The highest BCUT2D eigenvalue weighted by atomic mass is 19.4. The van der Waals surface area contributed by atoms with Crippen LogP contribution in [0, 0.1) is 0 Å². The van der Waals surface area contributed by atoms with Crippen LogP contribution in [0.3, 0.4) is 0 Å². The van der Waals surface area contributed by atoms with Gasteiger partial charge in [0.05, 0.1) is 0 Å². The normalized spacial score (nSPS) is 15.9. The lowest BCUT2D eigenvalue weighted by Crippen LogP contribution is -2.43. The third-order valence-corrected chi connectivity index (χ3v) is 1.07. The third kappa shape index (κ3) is 3.71. The highest BCUT2D eigenvalue weighted by Gasteiger charge is 2.35. The van der Waals surface area contributed by atoms with Crippen LogP contribution in [0.5, 0.6) is 0 Å². The quantitative estimate of drug-likeness (QED) is 0.642. The van der Waals surface area contributed by atoms with Crippen molar-refractivity contribution >= 4 is 0 Å². The van der Waals surface area contributed by atoms with Gasteiger partial charge in [-0.3, -0.25) is 0 Å². The molecule has 0 rings (SSSR count). The smallest absolute Gasteiger partial charge is 0.304 e. The Labute approximate surface area is 58.6 Å². The molecule has 0 aliphatic rings. The van der Waals surface area contributed by atoms with Crippen molar-refractivity contribution in [1.29, 1.82) is 0 Å². The summed E-state index contributed by atoms with van der Waals surface area (Å²) in [4.78, 5) is 0. The number of rotatable bonds is 2. The summed E-state index contributed by atoms with van der Waals surface area (Å²) in [6, 6.07) is -1.54. The van der Waals surface area contributed by atoms with E-state index < -0.39 is 12.2 Å². The van der Waals surface area contributed by atoms with Crippen molar-refractivity contribution in [3.63, 3.8) is 0 Å². The minimum atomic E-state index is -4.12. The van der Waals surface area contributed by atoms with Crippen LogP contribution in [0.2, 0.25) is 0 Å². The van der Waals surface area contributed by atoms with E-state index in [1.54, 1.807) is 13.8 Å².